The average Bonchev–Trinajstić information content (AvgIpc) is 3.13. The molecular formula is C23H41N3O3. The van der Waals surface area contributed by atoms with Gasteiger partial charge >= 0.3 is 0 Å². The van der Waals surface area contributed by atoms with E-state index in [1.165, 1.54) is 6.26 Å². The summed E-state index contributed by atoms with van der Waals surface area (Å²) in [5, 5.41) is 2.87. The predicted octanol–water partition coefficient (Wildman–Crippen LogP) is 5.04. The van der Waals surface area contributed by atoms with Gasteiger partial charge in [-0.25, -0.2) is 4.98 Å². The highest BCUT2D eigenvalue weighted by Gasteiger charge is 2.24. The minimum absolute atomic E-state index is 0.0378. The molecule has 6 heteroatoms. The number of nitrogens with zero attached hydrogens (tertiary/aromatic N) is 2. The molecule has 0 saturated carbocycles. The van der Waals surface area contributed by atoms with E-state index in [1.807, 2.05) is 4.90 Å². The molecule has 0 aliphatic heterocycles. The number of carbonyl (C=O) groups is 2. The predicted molar refractivity (Wildman–Crippen MR) is 116 cm³/mol. The van der Waals surface area contributed by atoms with Crippen LogP contribution in [0.15, 0.2) is 10.7 Å². The molecule has 1 aromatic heterocycles. The van der Waals surface area contributed by atoms with Crippen molar-refractivity contribution in [3.8, 4) is 0 Å². The Hall–Kier alpha value is -1.85. The number of rotatable bonds is 14. The Morgan fingerprint density at radius 2 is 1.79 bits per heavy atom. The fourth-order valence-corrected chi connectivity index (χ4v) is 3.11. The smallest absolute Gasteiger partial charge is 0.273 e. The van der Waals surface area contributed by atoms with Crippen molar-refractivity contribution in [2.75, 3.05) is 13.1 Å². The summed E-state index contributed by atoms with van der Waals surface area (Å²) in [6.45, 7) is 14.4. The largest absolute Gasteiger partial charge is 0.446 e. The molecule has 0 aliphatic rings. The third kappa shape index (κ3) is 9.46. The zero-order chi connectivity index (χ0) is 21.8. The van der Waals surface area contributed by atoms with E-state index in [0.29, 0.717) is 37.4 Å². The van der Waals surface area contributed by atoms with Gasteiger partial charge in [0.15, 0.2) is 5.69 Å². The molecule has 0 fully saturated rings. The van der Waals surface area contributed by atoms with Crippen LogP contribution in [0.25, 0.3) is 0 Å². The van der Waals surface area contributed by atoms with Crippen LogP contribution in [-0.2, 0) is 11.3 Å². The molecule has 166 valence electrons. The number of oxazole rings is 1. The van der Waals surface area contributed by atoms with Crippen LogP contribution in [0.1, 0.15) is 96.4 Å². The highest BCUT2D eigenvalue weighted by molar-refractivity contribution is 5.91. The summed E-state index contributed by atoms with van der Waals surface area (Å²) in [5.41, 5.74) is 0.276. The molecule has 0 saturated heterocycles. The summed E-state index contributed by atoms with van der Waals surface area (Å²) >= 11 is 0. The standard InChI is InChI=1S/C23H41N3O3/c1-7-9-10-19(8-2)23(28)26(14-12-18(5)6)15-21-25-20(16-29-21)22(27)24-13-11-17(3)4/h16-19H,7-15H2,1-6H3,(H,24,27)/t19-/m1/s1. The first-order valence-electron chi connectivity index (χ1n) is 11.3. The molecule has 0 aliphatic carbocycles. The van der Waals surface area contributed by atoms with Crippen LogP contribution in [-0.4, -0.2) is 34.8 Å². The molecule has 6 nitrogen and oxygen atoms in total. The van der Waals surface area contributed by atoms with Gasteiger partial charge in [-0.05, 0) is 37.5 Å². The lowest BCUT2D eigenvalue weighted by Gasteiger charge is -2.26. The molecule has 1 aromatic rings. The zero-order valence-corrected chi connectivity index (χ0v) is 19.3. The van der Waals surface area contributed by atoms with Crippen LogP contribution in [0.3, 0.4) is 0 Å². The molecule has 29 heavy (non-hydrogen) atoms. The third-order valence-corrected chi connectivity index (χ3v) is 5.15. The Morgan fingerprint density at radius 3 is 2.38 bits per heavy atom. The highest BCUT2D eigenvalue weighted by Crippen LogP contribution is 2.19. The van der Waals surface area contributed by atoms with Crippen molar-refractivity contribution in [1.29, 1.82) is 0 Å². The van der Waals surface area contributed by atoms with Crippen molar-refractivity contribution < 1.29 is 14.0 Å². The Morgan fingerprint density at radius 1 is 1.10 bits per heavy atom. The fourth-order valence-electron chi connectivity index (χ4n) is 3.11. The summed E-state index contributed by atoms with van der Waals surface area (Å²) in [6.07, 6.45) is 7.14. The normalized spacial score (nSPS) is 12.4. The third-order valence-electron chi connectivity index (χ3n) is 5.15. The summed E-state index contributed by atoms with van der Waals surface area (Å²) in [6, 6.07) is 0. The Balaban J connectivity index is 2.79. The van der Waals surface area contributed by atoms with E-state index in [4.69, 9.17) is 4.42 Å². The van der Waals surface area contributed by atoms with Gasteiger partial charge in [-0.15, -0.1) is 0 Å². The van der Waals surface area contributed by atoms with E-state index in [0.717, 1.165) is 38.5 Å². The summed E-state index contributed by atoms with van der Waals surface area (Å²) in [7, 11) is 0. The van der Waals surface area contributed by atoms with E-state index in [2.05, 4.69) is 51.8 Å². The van der Waals surface area contributed by atoms with Crippen LogP contribution in [0.2, 0.25) is 0 Å². The van der Waals surface area contributed by atoms with Gasteiger partial charge in [0, 0.05) is 19.0 Å². The molecule has 1 atom stereocenters. The van der Waals surface area contributed by atoms with Crippen molar-refractivity contribution >= 4 is 11.8 Å². The molecule has 0 radical (unpaired) electrons. The second-order valence-electron chi connectivity index (χ2n) is 8.75. The zero-order valence-electron chi connectivity index (χ0n) is 19.3. The second kappa shape index (κ2) is 13.4. The minimum atomic E-state index is -0.227. The van der Waals surface area contributed by atoms with Crippen molar-refractivity contribution in [3.63, 3.8) is 0 Å². The first-order chi connectivity index (χ1) is 13.8. The second-order valence-corrected chi connectivity index (χ2v) is 8.75. The molecule has 0 spiro atoms. The van der Waals surface area contributed by atoms with E-state index in [9.17, 15) is 9.59 Å². The van der Waals surface area contributed by atoms with Gasteiger partial charge in [0.1, 0.15) is 6.26 Å². The molecule has 1 N–H and O–H groups in total. The van der Waals surface area contributed by atoms with E-state index in [-0.39, 0.29) is 23.4 Å². The molecule has 0 unspecified atom stereocenters. The first-order valence-corrected chi connectivity index (χ1v) is 11.3. The number of aromatic nitrogens is 1. The maximum Gasteiger partial charge on any atom is 0.273 e. The average molecular weight is 408 g/mol. The number of amides is 2. The van der Waals surface area contributed by atoms with Crippen LogP contribution in [0, 0.1) is 17.8 Å². The fraction of sp³-hybridized carbons (Fsp3) is 0.783. The molecule has 2 amide bonds. The van der Waals surface area contributed by atoms with Crippen molar-refractivity contribution in [1.82, 2.24) is 15.2 Å². The number of unbranched alkanes of at least 4 members (excludes halogenated alkanes) is 1. The highest BCUT2D eigenvalue weighted by atomic mass is 16.3. The lowest BCUT2D eigenvalue weighted by Crippen LogP contribution is -2.37. The van der Waals surface area contributed by atoms with E-state index in [1.54, 1.807) is 0 Å². The summed E-state index contributed by atoms with van der Waals surface area (Å²) in [4.78, 5) is 31.5. The van der Waals surface area contributed by atoms with Crippen LogP contribution in [0.5, 0.6) is 0 Å². The van der Waals surface area contributed by atoms with Crippen LogP contribution < -0.4 is 5.32 Å². The SMILES string of the molecule is CCCC[C@@H](CC)C(=O)N(CCC(C)C)Cc1nc(C(=O)NCCC(C)C)co1. The quantitative estimate of drug-likeness (QED) is 0.469. The summed E-state index contributed by atoms with van der Waals surface area (Å²) in [5.74, 6) is 1.44. The summed E-state index contributed by atoms with van der Waals surface area (Å²) < 4.78 is 5.53. The van der Waals surface area contributed by atoms with Gasteiger partial charge in [0.25, 0.3) is 5.91 Å². The maximum atomic E-state index is 13.1. The van der Waals surface area contributed by atoms with Gasteiger partial charge in [0.05, 0.1) is 6.54 Å². The Labute approximate surface area is 176 Å². The van der Waals surface area contributed by atoms with Crippen molar-refractivity contribution in [3.05, 3.63) is 17.8 Å². The van der Waals surface area contributed by atoms with E-state index < -0.39 is 0 Å². The van der Waals surface area contributed by atoms with Gasteiger partial charge < -0.3 is 14.6 Å². The van der Waals surface area contributed by atoms with Gasteiger partial charge in [-0.1, -0.05) is 54.4 Å². The molecule has 1 heterocycles. The number of carbonyl (C=O) groups excluding carboxylic acids is 2. The number of hydrogen-bond donors (Lipinski definition) is 1. The molecule has 0 aromatic carbocycles. The maximum absolute atomic E-state index is 13.1. The monoisotopic (exact) mass is 407 g/mol. The minimum Gasteiger partial charge on any atom is -0.446 e. The first kappa shape index (κ1) is 25.2. The molecule has 1 rings (SSSR count). The van der Waals surface area contributed by atoms with Crippen LogP contribution in [0.4, 0.5) is 0 Å². The Bertz CT molecular complexity index is 610. The Kier molecular flexibility index (Phi) is 11.6. The van der Waals surface area contributed by atoms with Gasteiger partial charge in [-0.3, -0.25) is 9.59 Å². The van der Waals surface area contributed by atoms with Crippen molar-refractivity contribution in [2.45, 2.75) is 86.6 Å². The lowest BCUT2D eigenvalue weighted by molar-refractivity contribution is -0.137. The van der Waals surface area contributed by atoms with Gasteiger partial charge in [-0.2, -0.15) is 0 Å². The molecular weight excluding hydrogens is 366 g/mol. The molecule has 0 bridgehead atoms. The number of hydrogen-bond acceptors (Lipinski definition) is 4. The number of nitrogens with one attached hydrogen (secondary N) is 1. The van der Waals surface area contributed by atoms with Crippen LogP contribution >= 0.6 is 0 Å². The van der Waals surface area contributed by atoms with Gasteiger partial charge in [0.2, 0.25) is 11.8 Å². The lowest BCUT2D eigenvalue weighted by atomic mass is 9.97. The van der Waals surface area contributed by atoms with Crippen molar-refractivity contribution in [2.24, 2.45) is 17.8 Å². The van der Waals surface area contributed by atoms with E-state index >= 15 is 0 Å². The topological polar surface area (TPSA) is 75.4 Å².